The first-order valence-corrected chi connectivity index (χ1v) is 6.50. The van der Waals surface area contributed by atoms with Gasteiger partial charge in [0.15, 0.2) is 17.9 Å². The molecule has 2 rings (SSSR count). The van der Waals surface area contributed by atoms with E-state index in [1.54, 1.807) is 0 Å². The minimum atomic E-state index is -1.11. The number of hydrogen-bond acceptors (Lipinski definition) is 6. The number of hydrogen-bond donors (Lipinski definition) is 0. The second-order valence-electron chi connectivity index (χ2n) is 4.01. The van der Waals surface area contributed by atoms with Gasteiger partial charge < -0.3 is 9.15 Å². The summed E-state index contributed by atoms with van der Waals surface area (Å²) in [6.45, 7) is 0. The van der Waals surface area contributed by atoms with Crippen LogP contribution in [0, 0.1) is 15.9 Å². The zero-order valence-corrected chi connectivity index (χ0v) is 12.5. The van der Waals surface area contributed by atoms with Gasteiger partial charge in [0.25, 0.3) is 5.69 Å². The van der Waals surface area contributed by atoms with E-state index in [2.05, 4.69) is 20.7 Å². The van der Waals surface area contributed by atoms with Gasteiger partial charge in [-0.1, -0.05) is 0 Å². The lowest BCUT2D eigenvalue weighted by Crippen LogP contribution is -2.09. The Hall–Kier alpha value is -2.55. The Bertz CT molecular complexity index is 785. The quantitative estimate of drug-likeness (QED) is 0.353. The van der Waals surface area contributed by atoms with Gasteiger partial charge in [0, 0.05) is 6.07 Å². The Balaban J connectivity index is 2.88. The predicted molar refractivity (Wildman–Crippen MR) is 75.2 cm³/mol. The summed E-state index contributed by atoms with van der Waals surface area (Å²) >= 11 is 2.81. The van der Waals surface area contributed by atoms with Crippen molar-refractivity contribution in [3.8, 4) is 11.3 Å². The molecule has 7 nitrogen and oxygen atoms in total. The number of nitro benzene ring substituents is 1. The average Bonchev–Trinajstić information content (AvgIpc) is 2.97. The van der Waals surface area contributed by atoms with Crippen LogP contribution in [-0.4, -0.2) is 24.3 Å². The zero-order valence-electron chi connectivity index (χ0n) is 11.0. The number of nitro groups is 1. The molecule has 114 valence electrons. The monoisotopic (exact) mass is 371 g/mol. The molecule has 0 aliphatic heterocycles. The number of benzene rings is 1. The number of halogens is 2. The van der Waals surface area contributed by atoms with Crippen LogP contribution in [0.2, 0.25) is 0 Å². The molecule has 22 heavy (non-hydrogen) atoms. The van der Waals surface area contributed by atoms with E-state index in [0.717, 1.165) is 13.2 Å². The van der Waals surface area contributed by atoms with Gasteiger partial charge in [0.1, 0.15) is 16.9 Å². The smallest absolute Gasteiger partial charge is 0.341 e. The molecule has 0 amide bonds. The molecular formula is C13H7BrFNO6. The molecular weight excluding hydrogens is 365 g/mol. The summed E-state index contributed by atoms with van der Waals surface area (Å²) < 4.78 is 23.5. The van der Waals surface area contributed by atoms with E-state index in [-0.39, 0.29) is 16.0 Å². The zero-order chi connectivity index (χ0) is 16.4. The summed E-state index contributed by atoms with van der Waals surface area (Å²) in [7, 11) is 1.01. The highest BCUT2D eigenvalue weighted by molar-refractivity contribution is 9.10. The van der Waals surface area contributed by atoms with Crippen molar-refractivity contribution in [2.45, 2.75) is 0 Å². The molecule has 0 saturated carbocycles. The lowest BCUT2D eigenvalue weighted by Gasteiger charge is -2.09. The number of methoxy groups -OCH3 is 1. The number of aldehydes is 1. The lowest BCUT2D eigenvalue weighted by molar-refractivity contribution is -0.384. The minimum Gasteiger partial charge on any atom is -0.465 e. The standard InChI is InChI=1S/C13H7BrFNO6/c1-21-13(18)11-10(9-3-2-6(5-17)22-9)8(16(19)20)4-7(14)12(11)15/h2-5H,1H3. The topological polar surface area (TPSA) is 99.6 Å². The average molecular weight is 372 g/mol. The van der Waals surface area contributed by atoms with E-state index in [1.165, 1.54) is 12.1 Å². The number of carbonyl (C=O) groups is 2. The van der Waals surface area contributed by atoms with Gasteiger partial charge in [-0.2, -0.15) is 0 Å². The lowest BCUT2D eigenvalue weighted by atomic mass is 10.0. The largest absolute Gasteiger partial charge is 0.465 e. The Morgan fingerprint density at radius 1 is 1.50 bits per heavy atom. The molecule has 0 unspecified atom stereocenters. The van der Waals surface area contributed by atoms with Crippen molar-refractivity contribution in [2.24, 2.45) is 0 Å². The van der Waals surface area contributed by atoms with E-state index in [9.17, 15) is 24.1 Å². The van der Waals surface area contributed by atoms with Crippen molar-refractivity contribution >= 4 is 33.9 Å². The van der Waals surface area contributed by atoms with Gasteiger partial charge in [-0.05, 0) is 28.1 Å². The van der Waals surface area contributed by atoms with E-state index < -0.39 is 33.5 Å². The van der Waals surface area contributed by atoms with Gasteiger partial charge in [-0.3, -0.25) is 14.9 Å². The fourth-order valence-electron chi connectivity index (χ4n) is 1.85. The van der Waals surface area contributed by atoms with Crippen LogP contribution in [0.4, 0.5) is 10.1 Å². The predicted octanol–water partition coefficient (Wildman–Crippen LogP) is 3.36. The molecule has 1 heterocycles. The molecule has 0 atom stereocenters. The summed E-state index contributed by atoms with van der Waals surface area (Å²) in [6.07, 6.45) is 0.377. The number of rotatable bonds is 4. The second kappa shape index (κ2) is 6.06. The highest BCUT2D eigenvalue weighted by Gasteiger charge is 2.31. The molecule has 0 saturated heterocycles. The van der Waals surface area contributed by atoms with Gasteiger partial charge in [0.05, 0.1) is 16.5 Å². The second-order valence-corrected chi connectivity index (χ2v) is 4.86. The molecule has 1 aromatic carbocycles. The van der Waals surface area contributed by atoms with Crippen molar-refractivity contribution < 1.29 is 28.1 Å². The first-order chi connectivity index (χ1) is 10.4. The van der Waals surface area contributed by atoms with Gasteiger partial charge in [-0.25, -0.2) is 9.18 Å². The number of nitrogens with zero attached hydrogens (tertiary/aromatic N) is 1. The summed E-state index contributed by atoms with van der Waals surface area (Å²) in [5, 5.41) is 11.2. The van der Waals surface area contributed by atoms with Crippen LogP contribution in [0.1, 0.15) is 20.9 Å². The van der Waals surface area contributed by atoms with E-state index in [4.69, 9.17) is 4.42 Å². The summed E-state index contributed by atoms with van der Waals surface area (Å²) in [5.74, 6) is -2.46. The van der Waals surface area contributed by atoms with E-state index in [1.807, 2.05) is 0 Å². The van der Waals surface area contributed by atoms with Crippen molar-refractivity contribution in [3.05, 3.63) is 49.9 Å². The van der Waals surface area contributed by atoms with Crippen LogP contribution in [0.5, 0.6) is 0 Å². The van der Waals surface area contributed by atoms with Crippen molar-refractivity contribution in [1.82, 2.24) is 0 Å². The molecule has 1 aromatic heterocycles. The fourth-order valence-corrected chi connectivity index (χ4v) is 2.27. The van der Waals surface area contributed by atoms with Crippen LogP contribution in [0.25, 0.3) is 11.3 Å². The van der Waals surface area contributed by atoms with Crippen LogP contribution in [-0.2, 0) is 4.74 Å². The third-order valence-corrected chi connectivity index (χ3v) is 3.35. The Kier molecular flexibility index (Phi) is 4.36. The number of furan rings is 1. The molecule has 0 radical (unpaired) electrons. The van der Waals surface area contributed by atoms with E-state index >= 15 is 0 Å². The maximum Gasteiger partial charge on any atom is 0.341 e. The van der Waals surface area contributed by atoms with Crippen molar-refractivity contribution in [1.29, 1.82) is 0 Å². The van der Waals surface area contributed by atoms with Crippen LogP contribution >= 0.6 is 15.9 Å². The molecule has 2 aromatic rings. The summed E-state index contributed by atoms with van der Waals surface area (Å²) in [6, 6.07) is 3.37. The number of ether oxygens (including phenoxy) is 1. The third kappa shape index (κ3) is 2.62. The molecule has 0 aliphatic rings. The van der Waals surface area contributed by atoms with Crippen LogP contribution in [0.3, 0.4) is 0 Å². The number of carbonyl (C=O) groups excluding carboxylic acids is 2. The highest BCUT2D eigenvalue weighted by Crippen LogP contribution is 2.39. The maximum atomic E-state index is 14.2. The van der Waals surface area contributed by atoms with Crippen molar-refractivity contribution in [3.63, 3.8) is 0 Å². The molecule has 0 fully saturated rings. The fraction of sp³-hybridized carbons (Fsp3) is 0.0769. The van der Waals surface area contributed by atoms with Gasteiger partial charge >= 0.3 is 5.97 Å². The Labute approximate surface area is 131 Å². The number of esters is 1. The first-order valence-electron chi connectivity index (χ1n) is 5.70. The third-order valence-electron chi connectivity index (χ3n) is 2.77. The summed E-state index contributed by atoms with van der Waals surface area (Å²) in [5.41, 5.74) is -1.62. The van der Waals surface area contributed by atoms with Crippen LogP contribution < -0.4 is 0 Å². The molecule has 0 N–H and O–H groups in total. The minimum absolute atomic E-state index is 0.122. The van der Waals surface area contributed by atoms with Crippen molar-refractivity contribution in [2.75, 3.05) is 7.11 Å². The Morgan fingerprint density at radius 3 is 2.68 bits per heavy atom. The molecule has 9 heteroatoms. The summed E-state index contributed by atoms with van der Waals surface area (Å²) in [4.78, 5) is 32.9. The maximum absolute atomic E-state index is 14.2. The van der Waals surface area contributed by atoms with E-state index in [0.29, 0.717) is 6.29 Å². The van der Waals surface area contributed by atoms with Crippen LogP contribution in [0.15, 0.2) is 27.1 Å². The Morgan fingerprint density at radius 2 is 2.18 bits per heavy atom. The molecule has 0 bridgehead atoms. The first kappa shape index (κ1) is 15.8. The normalized spacial score (nSPS) is 10.3. The molecule has 0 spiro atoms. The molecule has 0 aliphatic carbocycles. The van der Waals surface area contributed by atoms with Gasteiger partial charge in [-0.15, -0.1) is 0 Å². The SMILES string of the molecule is COC(=O)c1c(F)c(Br)cc([N+](=O)[O-])c1-c1ccc(C=O)o1. The highest BCUT2D eigenvalue weighted by atomic mass is 79.9. The van der Waals surface area contributed by atoms with Gasteiger partial charge in [0.2, 0.25) is 0 Å².